The molecular formula is C8H10N3O2+. The molecule has 5 heteroatoms. The number of nitrogen functional groups attached to an aromatic ring is 1. The normalized spacial score (nSPS) is 9.00. The fraction of sp³-hybridized carbons (Fsp3) is 0.250. The SMILES string of the molecule is COc1cc([N+]#N)c(OC)cc1N. The van der Waals surface area contributed by atoms with E-state index in [1.807, 2.05) is 0 Å². The molecule has 0 aliphatic carbocycles. The number of nitrogens with two attached hydrogens (primary N) is 1. The van der Waals surface area contributed by atoms with Crippen molar-refractivity contribution < 1.29 is 9.47 Å². The summed E-state index contributed by atoms with van der Waals surface area (Å²) >= 11 is 0. The highest BCUT2D eigenvalue weighted by Crippen LogP contribution is 2.36. The summed E-state index contributed by atoms with van der Waals surface area (Å²) in [5.41, 5.74) is 6.33. The highest BCUT2D eigenvalue weighted by atomic mass is 16.5. The van der Waals surface area contributed by atoms with Gasteiger partial charge >= 0.3 is 5.69 Å². The number of methoxy groups -OCH3 is 2. The number of rotatable bonds is 2. The van der Waals surface area contributed by atoms with Gasteiger partial charge in [0.2, 0.25) is 11.1 Å². The van der Waals surface area contributed by atoms with Crippen molar-refractivity contribution in [1.29, 1.82) is 5.39 Å². The Morgan fingerprint density at radius 2 is 1.85 bits per heavy atom. The third-order valence-corrected chi connectivity index (χ3v) is 1.64. The monoisotopic (exact) mass is 180 g/mol. The van der Waals surface area contributed by atoms with Crippen molar-refractivity contribution in [2.45, 2.75) is 0 Å². The van der Waals surface area contributed by atoms with Crippen molar-refractivity contribution in [2.75, 3.05) is 20.0 Å². The molecule has 0 aliphatic rings. The molecule has 1 rings (SSSR count). The maximum Gasteiger partial charge on any atom is 0.430 e. The summed E-state index contributed by atoms with van der Waals surface area (Å²) in [5.74, 6) is 0.856. The molecule has 68 valence electrons. The highest BCUT2D eigenvalue weighted by molar-refractivity contribution is 5.69. The maximum absolute atomic E-state index is 8.61. The van der Waals surface area contributed by atoms with Crippen LogP contribution < -0.4 is 15.2 Å². The van der Waals surface area contributed by atoms with Gasteiger partial charge in [0.25, 0.3) is 0 Å². The van der Waals surface area contributed by atoms with E-state index in [2.05, 4.69) is 4.98 Å². The molecule has 0 unspecified atom stereocenters. The molecule has 1 aromatic rings. The lowest BCUT2D eigenvalue weighted by Crippen LogP contribution is -1.93. The van der Waals surface area contributed by atoms with E-state index >= 15 is 0 Å². The fourth-order valence-corrected chi connectivity index (χ4v) is 0.983. The van der Waals surface area contributed by atoms with Crippen molar-refractivity contribution in [1.82, 2.24) is 0 Å². The van der Waals surface area contributed by atoms with Crippen LogP contribution in [0.4, 0.5) is 11.4 Å². The Bertz CT molecular complexity index is 357. The molecule has 0 bridgehead atoms. The van der Waals surface area contributed by atoms with Crippen molar-refractivity contribution >= 4 is 11.4 Å². The number of hydrogen-bond donors (Lipinski definition) is 1. The summed E-state index contributed by atoms with van der Waals surface area (Å²) in [5, 5.41) is 8.61. The predicted molar refractivity (Wildman–Crippen MR) is 48.7 cm³/mol. The van der Waals surface area contributed by atoms with E-state index in [4.69, 9.17) is 20.6 Å². The fourth-order valence-electron chi connectivity index (χ4n) is 0.983. The number of nitrogens with zero attached hydrogens (tertiary/aromatic N) is 2. The van der Waals surface area contributed by atoms with Crippen LogP contribution in [-0.4, -0.2) is 14.2 Å². The largest absolute Gasteiger partial charge is 0.494 e. The zero-order valence-corrected chi connectivity index (χ0v) is 7.44. The van der Waals surface area contributed by atoms with E-state index in [1.54, 1.807) is 0 Å². The van der Waals surface area contributed by atoms with Gasteiger partial charge in [0.1, 0.15) is 5.75 Å². The van der Waals surface area contributed by atoms with Gasteiger partial charge in [0.05, 0.1) is 26.0 Å². The van der Waals surface area contributed by atoms with E-state index in [-0.39, 0.29) is 5.69 Å². The Labute approximate surface area is 75.7 Å². The Morgan fingerprint density at radius 3 is 2.31 bits per heavy atom. The van der Waals surface area contributed by atoms with E-state index < -0.39 is 0 Å². The van der Waals surface area contributed by atoms with Gasteiger partial charge in [-0.05, 0) is 0 Å². The molecule has 0 spiro atoms. The van der Waals surface area contributed by atoms with Gasteiger partial charge in [-0.2, -0.15) is 0 Å². The number of anilines is 1. The first-order valence-corrected chi connectivity index (χ1v) is 3.59. The first-order valence-electron chi connectivity index (χ1n) is 3.59. The van der Waals surface area contributed by atoms with Crippen LogP contribution in [0, 0.1) is 5.39 Å². The van der Waals surface area contributed by atoms with Crippen molar-refractivity contribution in [3.63, 3.8) is 0 Å². The molecule has 0 amide bonds. The summed E-state index contributed by atoms with van der Waals surface area (Å²) in [6.45, 7) is 0. The third kappa shape index (κ3) is 1.62. The number of hydrogen-bond acceptors (Lipinski definition) is 4. The summed E-state index contributed by atoms with van der Waals surface area (Å²) in [6, 6.07) is 3.03. The lowest BCUT2D eigenvalue weighted by molar-refractivity contribution is 0.407. The van der Waals surface area contributed by atoms with Gasteiger partial charge in [-0.1, -0.05) is 0 Å². The molecule has 0 aromatic heterocycles. The van der Waals surface area contributed by atoms with E-state index in [9.17, 15) is 0 Å². The Kier molecular flexibility index (Phi) is 2.55. The summed E-state index contributed by atoms with van der Waals surface area (Å²) in [4.78, 5) is 3.03. The minimum Gasteiger partial charge on any atom is -0.494 e. The summed E-state index contributed by atoms with van der Waals surface area (Å²) in [7, 11) is 2.95. The number of benzene rings is 1. The average Bonchev–Trinajstić information content (AvgIpc) is 2.17. The van der Waals surface area contributed by atoms with Crippen molar-refractivity contribution in [2.24, 2.45) is 0 Å². The molecule has 2 N–H and O–H groups in total. The van der Waals surface area contributed by atoms with Crippen LogP contribution in [0.15, 0.2) is 12.1 Å². The quantitative estimate of drug-likeness (QED) is 0.556. The van der Waals surface area contributed by atoms with Gasteiger partial charge in [-0.3, -0.25) is 0 Å². The van der Waals surface area contributed by atoms with Crippen LogP contribution in [0.3, 0.4) is 0 Å². The minimum absolute atomic E-state index is 0.286. The van der Waals surface area contributed by atoms with Gasteiger partial charge in [-0.15, -0.1) is 0 Å². The molecule has 0 aliphatic heterocycles. The Hall–Kier alpha value is -1.96. The first kappa shape index (κ1) is 9.13. The van der Waals surface area contributed by atoms with Crippen LogP contribution in [0.25, 0.3) is 4.98 Å². The van der Waals surface area contributed by atoms with E-state index in [1.165, 1.54) is 26.4 Å². The molecule has 0 atom stereocenters. The van der Waals surface area contributed by atoms with Gasteiger partial charge in [0, 0.05) is 6.07 Å². The van der Waals surface area contributed by atoms with Crippen molar-refractivity contribution in [3.05, 3.63) is 17.1 Å². The Morgan fingerprint density at radius 1 is 1.23 bits per heavy atom. The average molecular weight is 180 g/mol. The van der Waals surface area contributed by atoms with E-state index in [0.29, 0.717) is 17.2 Å². The lowest BCUT2D eigenvalue weighted by Gasteiger charge is -2.03. The van der Waals surface area contributed by atoms with Crippen LogP contribution in [0.5, 0.6) is 11.5 Å². The molecule has 1 aromatic carbocycles. The zero-order valence-electron chi connectivity index (χ0n) is 7.44. The highest BCUT2D eigenvalue weighted by Gasteiger charge is 2.18. The molecule has 0 saturated carbocycles. The van der Waals surface area contributed by atoms with E-state index in [0.717, 1.165) is 0 Å². The standard InChI is InChI=1S/C8H10N3O2/c1-12-7-4-6(11-10)8(13-2)3-5(7)9/h3-4H,9H2,1-2H3/q+1. The molecule has 0 heterocycles. The predicted octanol–water partition coefficient (Wildman–Crippen LogP) is 1.77. The lowest BCUT2D eigenvalue weighted by atomic mass is 10.2. The zero-order chi connectivity index (χ0) is 9.84. The molecule has 0 saturated heterocycles. The third-order valence-electron chi connectivity index (χ3n) is 1.64. The minimum atomic E-state index is 0.286. The van der Waals surface area contributed by atoms with Crippen molar-refractivity contribution in [3.8, 4) is 11.5 Å². The molecule has 0 fully saturated rings. The molecular weight excluding hydrogens is 170 g/mol. The number of diazo groups is 1. The van der Waals surface area contributed by atoms with Gasteiger partial charge in [-0.25, -0.2) is 0 Å². The smallest absolute Gasteiger partial charge is 0.430 e. The van der Waals surface area contributed by atoms with Crippen LogP contribution >= 0.6 is 0 Å². The van der Waals surface area contributed by atoms with Gasteiger partial charge < -0.3 is 15.2 Å². The second kappa shape index (κ2) is 3.63. The summed E-state index contributed by atoms with van der Waals surface area (Å²) < 4.78 is 9.86. The van der Waals surface area contributed by atoms with Crippen LogP contribution in [0.1, 0.15) is 0 Å². The molecule has 0 radical (unpaired) electrons. The van der Waals surface area contributed by atoms with Crippen LogP contribution in [0.2, 0.25) is 0 Å². The van der Waals surface area contributed by atoms with Crippen LogP contribution in [-0.2, 0) is 0 Å². The maximum atomic E-state index is 8.61. The first-order chi connectivity index (χ1) is 6.22. The second-order valence-corrected chi connectivity index (χ2v) is 2.37. The summed E-state index contributed by atoms with van der Waals surface area (Å²) in [6.07, 6.45) is 0. The topological polar surface area (TPSA) is 72.6 Å². The second-order valence-electron chi connectivity index (χ2n) is 2.37. The number of ether oxygens (including phenoxy) is 2. The molecule has 5 nitrogen and oxygen atoms in total. The Balaban J connectivity index is 3.28. The molecule has 13 heavy (non-hydrogen) atoms. The van der Waals surface area contributed by atoms with Gasteiger partial charge in [0.15, 0.2) is 4.98 Å².